The quantitative estimate of drug-likeness (QED) is 0.469. The van der Waals surface area contributed by atoms with Crippen LogP contribution in [0.4, 0.5) is 5.69 Å². The van der Waals surface area contributed by atoms with Crippen LogP contribution in [0.2, 0.25) is 0 Å². The average Bonchev–Trinajstić information content (AvgIpc) is 3.23. The molecular formula is C23H23N5O4. The number of amides is 1. The molecule has 2 heterocycles. The number of ether oxygens (including phenoxy) is 1. The van der Waals surface area contributed by atoms with Gasteiger partial charge in [0.25, 0.3) is 5.56 Å². The molecule has 2 aromatic heterocycles. The Hall–Kier alpha value is -4.01. The topological polar surface area (TPSA) is 108 Å². The molecule has 0 saturated heterocycles. The summed E-state index contributed by atoms with van der Waals surface area (Å²) in [5.41, 5.74) is 2.05. The van der Waals surface area contributed by atoms with E-state index in [1.54, 1.807) is 41.7 Å². The third-order valence-corrected chi connectivity index (χ3v) is 5.04. The van der Waals surface area contributed by atoms with Gasteiger partial charge in [0.2, 0.25) is 11.6 Å². The predicted octanol–water partition coefficient (Wildman–Crippen LogP) is 2.98. The van der Waals surface area contributed by atoms with E-state index in [1.165, 1.54) is 4.57 Å². The van der Waals surface area contributed by atoms with Crippen LogP contribution in [0, 0.1) is 0 Å². The van der Waals surface area contributed by atoms with Crippen molar-refractivity contribution in [2.75, 3.05) is 11.9 Å². The third-order valence-electron chi connectivity index (χ3n) is 5.04. The molecule has 1 amide bonds. The van der Waals surface area contributed by atoms with Crippen molar-refractivity contribution < 1.29 is 14.3 Å². The Balaban J connectivity index is 1.65. The van der Waals surface area contributed by atoms with Crippen LogP contribution in [0.25, 0.3) is 16.7 Å². The lowest BCUT2D eigenvalue weighted by Gasteiger charge is -2.13. The van der Waals surface area contributed by atoms with Crippen LogP contribution in [0.15, 0.2) is 53.3 Å². The molecule has 164 valence electrons. The highest BCUT2D eigenvalue weighted by Gasteiger charge is 2.19. The molecule has 0 aliphatic rings. The summed E-state index contributed by atoms with van der Waals surface area (Å²) in [5, 5.41) is 11.0. The summed E-state index contributed by atoms with van der Waals surface area (Å²) in [6.07, 6.45) is 0. The molecule has 0 spiro atoms. The lowest BCUT2D eigenvalue weighted by atomic mass is 10.2. The van der Waals surface area contributed by atoms with Crippen molar-refractivity contribution >= 4 is 34.2 Å². The van der Waals surface area contributed by atoms with E-state index in [2.05, 4.69) is 15.5 Å². The molecule has 0 radical (unpaired) electrons. The van der Waals surface area contributed by atoms with Gasteiger partial charge in [0.15, 0.2) is 0 Å². The Labute approximate surface area is 183 Å². The number of nitrogens with one attached hydrogen (secondary N) is 1. The van der Waals surface area contributed by atoms with E-state index in [1.807, 2.05) is 32.0 Å². The minimum Gasteiger partial charge on any atom is -0.462 e. The van der Waals surface area contributed by atoms with Crippen LogP contribution in [0.1, 0.15) is 42.9 Å². The number of nitrogens with zero attached hydrogens (tertiary/aromatic N) is 4. The SMILES string of the molecule is CCOC(=O)c1ccc(NC(=O)Cn2c(=O)c3nnc(C(C)C)n3c3ccccc32)cc1. The highest BCUT2D eigenvalue weighted by molar-refractivity contribution is 5.93. The first-order valence-electron chi connectivity index (χ1n) is 10.3. The van der Waals surface area contributed by atoms with Gasteiger partial charge >= 0.3 is 5.97 Å². The molecule has 0 aliphatic heterocycles. The number of fused-ring (bicyclic) bond motifs is 3. The maximum atomic E-state index is 13.2. The molecule has 9 nitrogen and oxygen atoms in total. The first-order chi connectivity index (χ1) is 15.4. The highest BCUT2D eigenvalue weighted by Crippen LogP contribution is 2.19. The fourth-order valence-corrected chi connectivity index (χ4v) is 3.56. The van der Waals surface area contributed by atoms with E-state index in [0.29, 0.717) is 22.6 Å². The van der Waals surface area contributed by atoms with E-state index >= 15 is 0 Å². The Bertz CT molecular complexity index is 1370. The molecule has 4 aromatic rings. The highest BCUT2D eigenvalue weighted by atomic mass is 16.5. The smallest absolute Gasteiger partial charge is 0.338 e. The Morgan fingerprint density at radius 3 is 2.38 bits per heavy atom. The fourth-order valence-electron chi connectivity index (χ4n) is 3.56. The van der Waals surface area contributed by atoms with E-state index in [9.17, 15) is 14.4 Å². The number of carbonyl (C=O) groups excluding carboxylic acids is 2. The Morgan fingerprint density at radius 1 is 1.03 bits per heavy atom. The van der Waals surface area contributed by atoms with Gasteiger partial charge in [-0.3, -0.25) is 18.6 Å². The van der Waals surface area contributed by atoms with Gasteiger partial charge < -0.3 is 10.1 Å². The monoisotopic (exact) mass is 433 g/mol. The molecule has 0 aliphatic carbocycles. The van der Waals surface area contributed by atoms with Crippen LogP contribution < -0.4 is 10.9 Å². The van der Waals surface area contributed by atoms with Crippen molar-refractivity contribution in [2.45, 2.75) is 33.2 Å². The van der Waals surface area contributed by atoms with E-state index in [0.717, 1.165) is 5.52 Å². The number of hydrogen-bond acceptors (Lipinski definition) is 6. The number of hydrogen-bond donors (Lipinski definition) is 1. The maximum Gasteiger partial charge on any atom is 0.338 e. The second-order valence-electron chi connectivity index (χ2n) is 7.60. The van der Waals surface area contributed by atoms with Crippen molar-refractivity contribution in [3.63, 3.8) is 0 Å². The third kappa shape index (κ3) is 3.84. The van der Waals surface area contributed by atoms with Crippen molar-refractivity contribution in [3.05, 3.63) is 70.3 Å². The summed E-state index contributed by atoms with van der Waals surface area (Å²) in [6, 6.07) is 13.7. The van der Waals surface area contributed by atoms with E-state index in [-0.39, 0.29) is 30.6 Å². The normalized spacial score (nSPS) is 11.2. The molecule has 4 rings (SSSR count). The summed E-state index contributed by atoms with van der Waals surface area (Å²) in [4.78, 5) is 37.7. The van der Waals surface area contributed by atoms with E-state index < -0.39 is 11.5 Å². The summed E-state index contributed by atoms with van der Waals surface area (Å²) in [7, 11) is 0. The van der Waals surface area contributed by atoms with Crippen LogP contribution in [-0.2, 0) is 16.1 Å². The zero-order chi connectivity index (χ0) is 22.8. The first kappa shape index (κ1) is 21.2. The predicted molar refractivity (Wildman–Crippen MR) is 120 cm³/mol. The molecule has 0 saturated carbocycles. The molecule has 1 N–H and O–H groups in total. The minimum atomic E-state index is -0.425. The van der Waals surface area contributed by atoms with Gasteiger partial charge in [0, 0.05) is 11.6 Å². The summed E-state index contributed by atoms with van der Waals surface area (Å²) < 4.78 is 8.11. The number of benzene rings is 2. The Morgan fingerprint density at radius 2 is 1.72 bits per heavy atom. The van der Waals surface area contributed by atoms with Crippen LogP contribution in [0.5, 0.6) is 0 Å². The van der Waals surface area contributed by atoms with Gasteiger partial charge in [0.1, 0.15) is 12.4 Å². The van der Waals surface area contributed by atoms with Gasteiger partial charge in [-0.15, -0.1) is 10.2 Å². The fraction of sp³-hybridized carbons (Fsp3) is 0.261. The van der Waals surface area contributed by atoms with Gasteiger partial charge in [-0.2, -0.15) is 0 Å². The summed E-state index contributed by atoms with van der Waals surface area (Å²) >= 11 is 0. The number of carbonyl (C=O) groups is 2. The van der Waals surface area contributed by atoms with Gasteiger partial charge in [0.05, 0.1) is 23.2 Å². The zero-order valence-electron chi connectivity index (χ0n) is 18.0. The number of esters is 1. The van der Waals surface area contributed by atoms with Gasteiger partial charge in [-0.05, 0) is 43.3 Å². The zero-order valence-corrected chi connectivity index (χ0v) is 18.0. The molecule has 9 heteroatoms. The molecule has 0 bridgehead atoms. The van der Waals surface area contributed by atoms with E-state index in [4.69, 9.17) is 4.74 Å². The molecular weight excluding hydrogens is 410 g/mol. The lowest BCUT2D eigenvalue weighted by Crippen LogP contribution is -2.29. The van der Waals surface area contributed by atoms with Crippen molar-refractivity contribution in [1.82, 2.24) is 19.2 Å². The first-order valence-corrected chi connectivity index (χ1v) is 10.3. The van der Waals surface area contributed by atoms with Crippen LogP contribution in [0.3, 0.4) is 0 Å². The van der Waals surface area contributed by atoms with Gasteiger partial charge in [-0.1, -0.05) is 26.0 Å². The molecule has 0 unspecified atom stereocenters. The van der Waals surface area contributed by atoms with Crippen molar-refractivity contribution in [2.24, 2.45) is 0 Å². The minimum absolute atomic E-state index is 0.0736. The van der Waals surface area contributed by atoms with Crippen molar-refractivity contribution in [1.29, 1.82) is 0 Å². The largest absolute Gasteiger partial charge is 0.462 e. The number of anilines is 1. The summed E-state index contributed by atoms with van der Waals surface area (Å²) in [5.74, 6) is -0.0454. The average molecular weight is 433 g/mol. The number of para-hydroxylation sites is 2. The Kier molecular flexibility index (Phi) is 5.72. The van der Waals surface area contributed by atoms with Gasteiger partial charge in [-0.25, -0.2) is 4.79 Å². The number of rotatable bonds is 6. The molecule has 32 heavy (non-hydrogen) atoms. The molecule has 0 atom stereocenters. The second-order valence-corrected chi connectivity index (χ2v) is 7.60. The molecule has 0 fully saturated rings. The second kappa shape index (κ2) is 8.62. The molecule has 2 aromatic carbocycles. The van der Waals surface area contributed by atoms with Crippen LogP contribution >= 0.6 is 0 Å². The van der Waals surface area contributed by atoms with Crippen LogP contribution in [-0.4, -0.2) is 37.6 Å². The standard InChI is InChI=1S/C23H23N5O4/c1-4-32-23(31)15-9-11-16(12-10-15)24-19(29)13-27-17-7-5-6-8-18(17)28-20(14(2)3)25-26-21(28)22(27)30/h5-12,14H,4,13H2,1-3H3,(H,24,29). The lowest BCUT2D eigenvalue weighted by molar-refractivity contribution is -0.116. The maximum absolute atomic E-state index is 13.2. The number of aromatic nitrogens is 4. The summed E-state index contributed by atoms with van der Waals surface area (Å²) in [6.45, 7) is 5.79. The van der Waals surface area contributed by atoms with Crippen molar-refractivity contribution in [3.8, 4) is 0 Å².